The van der Waals surface area contributed by atoms with Gasteiger partial charge >= 0.3 is 0 Å². The molecule has 0 aromatic heterocycles. The number of hydrogen-bond donors (Lipinski definition) is 1. The average Bonchev–Trinajstić information content (AvgIpc) is 2.68. The number of morpholine rings is 1. The molecule has 1 aromatic rings. The number of nitrogens with two attached hydrogens (primary N) is 1. The van der Waals surface area contributed by atoms with Crippen molar-refractivity contribution in [2.75, 3.05) is 70.5 Å². The summed E-state index contributed by atoms with van der Waals surface area (Å²) in [4.78, 5) is 11.6. The third-order valence-corrected chi connectivity index (χ3v) is 5.29. The number of halogens is 2. The second-order valence-corrected chi connectivity index (χ2v) is 7.60. The molecule has 3 rings (SSSR count). The normalized spacial score (nSPS) is 20.3. The third kappa shape index (κ3) is 6.96. The van der Waals surface area contributed by atoms with E-state index in [2.05, 4.69) is 38.7 Å². The van der Waals surface area contributed by atoms with Crippen LogP contribution in [0.3, 0.4) is 0 Å². The van der Waals surface area contributed by atoms with Crippen LogP contribution in [0.2, 0.25) is 5.02 Å². The molecule has 2 N–H and O–H groups in total. The van der Waals surface area contributed by atoms with E-state index >= 15 is 0 Å². The zero-order valence-electron chi connectivity index (χ0n) is 16.0. The Morgan fingerprint density at radius 3 is 2.37 bits per heavy atom. The smallest absolute Gasteiger partial charge is 0.191 e. The van der Waals surface area contributed by atoms with E-state index in [0.29, 0.717) is 11.9 Å². The molecule has 2 aliphatic heterocycles. The molecular formula is C19H31ClIN5O. The lowest BCUT2D eigenvalue weighted by molar-refractivity contribution is 0.0323. The first kappa shape index (κ1) is 22.5. The summed E-state index contributed by atoms with van der Waals surface area (Å²) in [6.07, 6.45) is 0. The van der Waals surface area contributed by atoms with Crippen molar-refractivity contribution in [3.05, 3.63) is 29.3 Å². The van der Waals surface area contributed by atoms with E-state index in [-0.39, 0.29) is 24.0 Å². The van der Waals surface area contributed by atoms with E-state index in [1.807, 2.05) is 12.1 Å². The number of benzene rings is 1. The molecule has 6 nitrogen and oxygen atoms in total. The van der Waals surface area contributed by atoms with E-state index in [1.165, 1.54) is 5.69 Å². The summed E-state index contributed by atoms with van der Waals surface area (Å²) in [6.45, 7) is 11.5. The Bertz CT molecular complexity index is 586. The zero-order chi connectivity index (χ0) is 18.4. The maximum Gasteiger partial charge on any atom is 0.191 e. The molecule has 0 saturated carbocycles. The number of anilines is 1. The molecule has 27 heavy (non-hydrogen) atoms. The molecule has 2 aliphatic rings. The van der Waals surface area contributed by atoms with Crippen molar-refractivity contribution in [3.63, 3.8) is 0 Å². The van der Waals surface area contributed by atoms with Crippen LogP contribution >= 0.6 is 35.6 Å². The van der Waals surface area contributed by atoms with Gasteiger partial charge in [-0.3, -0.25) is 9.89 Å². The molecule has 0 spiro atoms. The minimum atomic E-state index is 0. The summed E-state index contributed by atoms with van der Waals surface area (Å²) in [5.41, 5.74) is 7.45. The molecule has 1 atom stereocenters. The van der Waals surface area contributed by atoms with Crippen LogP contribution in [-0.4, -0.2) is 81.3 Å². The molecule has 0 amide bonds. The first-order chi connectivity index (χ1) is 12.6. The summed E-state index contributed by atoms with van der Waals surface area (Å²) in [7, 11) is 0. The van der Waals surface area contributed by atoms with E-state index < -0.39 is 0 Å². The van der Waals surface area contributed by atoms with E-state index in [1.54, 1.807) is 0 Å². The molecule has 1 aromatic carbocycles. The van der Waals surface area contributed by atoms with Crippen LogP contribution in [-0.2, 0) is 4.74 Å². The van der Waals surface area contributed by atoms with Crippen molar-refractivity contribution in [1.29, 1.82) is 0 Å². The van der Waals surface area contributed by atoms with Crippen molar-refractivity contribution in [1.82, 2.24) is 9.80 Å². The molecule has 8 heteroatoms. The first-order valence-corrected chi connectivity index (χ1v) is 9.85. The Labute approximate surface area is 184 Å². The van der Waals surface area contributed by atoms with Crippen molar-refractivity contribution in [3.8, 4) is 0 Å². The third-order valence-electron chi connectivity index (χ3n) is 5.03. The van der Waals surface area contributed by atoms with Gasteiger partial charge in [0.2, 0.25) is 0 Å². The van der Waals surface area contributed by atoms with E-state index in [0.717, 1.165) is 70.6 Å². The predicted molar refractivity (Wildman–Crippen MR) is 124 cm³/mol. The Kier molecular flexibility index (Phi) is 9.41. The van der Waals surface area contributed by atoms with Crippen LogP contribution in [0, 0.1) is 5.92 Å². The van der Waals surface area contributed by atoms with Gasteiger partial charge < -0.3 is 20.3 Å². The van der Waals surface area contributed by atoms with E-state index in [9.17, 15) is 0 Å². The van der Waals surface area contributed by atoms with Crippen LogP contribution in [0.4, 0.5) is 5.69 Å². The molecule has 0 aliphatic carbocycles. The lowest BCUT2D eigenvalue weighted by Crippen LogP contribution is -2.51. The van der Waals surface area contributed by atoms with Crippen LogP contribution < -0.4 is 10.6 Å². The molecule has 2 saturated heterocycles. The fourth-order valence-corrected chi connectivity index (χ4v) is 3.60. The standard InChI is InChI=1S/C19H30ClN5O.HI/c1-16(15-23-10-12-26-13-11-23)14-22-19(21)25-8-6-24(7-9-25)18-4-2-17(20)3-5-18;/h2-5,16H,6-15H2,1H3,(H2,21,22);1H. The van der Waals surface area contributed by atoms with Crippen LogP contribution in [0.1, 0.15) is 6.92 Å². The van der Waals surface area contributed by atoms with E-state index in [4.69, 9.17) is 22.1 Å². The predicted octanol–water partition coefficient (Wildman–Crippen LogP) is 2.36. The molecule has 152 valence electrons. The van der Waals surface area contributed by atoms with Gasteiger partial charge in [0, 0.05) is 63.1 Å². The number of piperazine rings is 1. The fourth-order valence-electron chi connectivity index (χ4n) is 3.48. The second kappa shape index (κ2) is 11.3. The van der Waals surface area contributed by atoms with Crippen molar-refractivity contribution in [2.45, 2.75) is 6.92 Å². The zero-order valence-corrected chi connectivity index (χ0v) is 19.1. The Morgan fingerprint density at radius 2 is 1.74 bits per heavy atom. The highest BCUT2D eigenvalue weighted by molar-refractivity contribution is 14.0. The summed E-state index contributed by atoms with van der Waals surface area (Å²) < 4.78 is 5.40. The van der Waals surface area contributed by atoms with Crippen molar-refractivity contribution < 1.29 is 4.74 Å². The lowest BCUT2D eigenvalue weighted by atomic mass is 10.1. The first-order valence-electron chi connectivity index (χ1n) is 9.47. The topological polar surface area (TPSA) is 57.3 Å². The van der Waals surface area contributed by atoms with Crippen molar-refractivity contribution in [2.24, 2.45) is 16.6 Å². The Morgan fingerprint density at radius 1 is 1.11 bits per heavy atom. The minimum Gasteiger partial charge on any atom is -0.379 e. The largest absolute Gasteiger partial charge is 0.379 e. The highest BCUT2D eigenvalue weighted by Crippen LogP contribution is 2.19. The van der Waals surface area contributed by atoms with Gasteiger partial charge in [-0.1, -0.05) is 18.5 Å². The summed E-state index contributed by atoms with van der Waals surface area (Å²) in [5.74, 6) is 1.18. The molecule has 2 fully saturated rings. The number of ether oxygens (including phenoxy) is 1. The van der Waals surface area contributed by atoms with Gasteiger partial charge in [-0.2, -0.15) is 0 Å². The van der Waals surface area contributed by atoms with Gasteiger partial charge in [0.25, 0.3) is 0 Å². The number of hydrogen-bond acceptors (Lipinski definition) is 4. The van der Waals surface area contributed by atoms with Gasteiger partial charge in [-0.25, -0.2) is 0 Å². The monoisotopic (exact) mass is 507 g/mol. The van der Waals surface area contributed by atoms with Crippen LogP contribution in [0.5, 0.6) is 0 Å². The Hall–Kier alpha value is -0.770. The van der Waals surface area contributed by atoms with Gasteiger partial charge in [0.05, 0.1) is 13.2 Å². The molecule has 1 unspecified atom stereocenters. The molecule has 0 bridgehead atoms. The number of aliphatic imine (C=N–C) groups is 1. The maximum absolute atomic E-state index is 6.24. The summed E-state index contributed by atoms with van der Waals surface area (Å²) in [6, 6.07) is 8.02. The number of guanidine groups is 1. The molecular weight excluding hydrogens is 477 g/mol. The fraction of sp³-hybridized carbons (Fsp3) is 0.632. The van der Waals surface area contributed by atoms with Gasteiger partial charge in [-0.15, -0.1) is 24.0 Å². The minimum absolute atomic E-state index is 0. The average molecular weight is 508 g/mol. The van der Waals surface area contributed by atoms with Gasteiger partial charge in [-0.05, 0) is 30.2 Å². The number of nitrogens with zero attached hydrogens (tertiary/aromatic N) is 4. The lowest BCUT2D eigenvalue weighted by Gasteiger charge is -2.36. The highest BCUT2D eigenvalue weighted by atomic mass is 127. The van der Waals surface area contributed by atoms with Gasteiger partial charge in [0.1, 0.15) is 0 Å². The molecule has 0 radical (unpaired) electrons. The van der Waals surface area contributed by atoms with Gasteiger partial charge in [0.15, 0.2) is 5.96 Å². The van der Waals surface area contributed by atoms with Crippen LogP contribution in [0.15, 0.2) is 29.3 Å². The summed E-state index contributed by atoms with van der Waals surface area (Å²) >= 11 is 5.97. The SMILES string of the molecule is CC(CN=C(N)N1CCN(c2ccc(Cl)cc2)CC1)CN1CCOCC1.I. The Balaban J connectivity index is 0.00000261. The van der Waals surface area contributed by atoms with Crippen LogP contribution in [0.25, 0.3) is 0 Å². The quantitative estimate of drug-likeness (QED) is 0.377. The van der Waals surface area contributed by atoms with Crippen molar-refractivity contribution >= 4 is 47.2 Å². The highest BCUT2D eigenvalue weighted by Gasteiger charge is 2.19. The summed E-state index contributed by atoms with van der Waals surface area (Å²) in [5, 5.41) is 0.773. The second-order valence-electron chi connectivity index (χ2n) is 7.17. The maximum atomic E-state index is 6.24. The number of rotatable bonds is 5. The molecule has 2 heterocycles.